The van der Waals surface area contributed by atoms with Crippen molar-refractivity contribution in [2.45, 2.75) is 12.2 Å². The van der Waals surface area contributed by atoms with Gasteiger partial charge in [0.05, 0.1) is 19.4 Å². The number of aliphatic hydroxyl groups excluding tert-OH is 2. The monoisotopic (exact) mass is 279 g/mol. The van der Waals surface area contributed by atoms with E-state index in [-0.39, 0.29) is 16.8 Å². The molecule has 1 aromatic rings. The van der Waals surface area contributed by atoms with Crippen molar-refractivity contribution in [3.8, 4) is 5.88 Å². The molecule has 0 spiro atoms. The molecule has 1 rings (SSSR count). The number of aliphatic hydroxyl groups is 2. The zero-order valence-electron chi connectivity index (χ0n) is 8.02. The molecule has 0 radical (unpaired) electrons. The van der Waals surface area contributed by atoms with Crippen molar-refractivity contribution in [1.82, 2.24) is 4.98 Å². The molecule has 0 amide bonds. The summed E-state index contributed by atoms with van der Waals surface area (Å²) in [7, 11) is 1.36. The summed E-state index contributed by atoms with van der Waals surface area (Å²) in [6.07, 6.45) is -1.29. The lowest BCUT2D eigenvalue weighted by Gasteiger charge is -2.17. The van der Waals surface area contributed by atoms with E-state index in [1.807, 2.05) is 0 Å². The van der Waals surface area contributed by atoms with Gasteiger partial charge in [0.25, 0.3) is 0 Å². The van der Waals surface area contributed by atoms with Crippen LogP contribution in [0.5, 0.6) is 5.88 Å². The number of methoxy groups -OCH3 is 1. The van der Waals surface area contributed by atoms with E-state index in [0.29, 0.717) is 0 Å². The molecule has 0 bridgehead atoms. The summed E-state index contributed by atoms with van der Waals surface area (Å²) < 4.78 is 17.7. The van der Waals surface area contributed by atoms with Crippen LogP contribution >= 0.6 is 15.9 Å². The predicted octanol–water partition coefficient (Wildman–Crippen LogP) is 1.02. The molecule has 2 unspecified atom stereocenters. The minimum atomic E-state index is -1.23. The van der Waals surface area contributed by atoms with E-state index in [2.05, 4.69) is 20.9 Å². The van der Waals surface area contributed by atoms with Crippen molar-refractivity contribution in [2.75, 3.05) is 12.4 Å². The second kappa shape index (κ2) is 5.39. The molecule has 2 atom stereocenters. The van der Waals surface area contributed by atoms with Crippen molar-refractivity contribution in [2.24, 2.45) is 0 Å². The Morgan fingerprint density at radius 3 is 2.80 bits per heavy atom. The molecule has 2 N–H and O–H groups in total. The van der Waals surface area contributed by atoms with E-state index < -0.39 is 18.0 Å². The number of hydrogen-bond donors (Lipinski definition) is 2. The van der Waals surface area contributed by atoms with Crippen LogP contribution in [0.2, 0.25) is 0 Å². The van der Waals surface area contributed by atoms with Gasteiger partial charge in [-0.15, -0.1) is 0 Å². The van der Waals surface area contributed by atoms with Gasteiger partial charge in [-0.2, -0.15) is 0 Å². The normalized spacial score (nSPS) is 14.7. The van der Waals surface area contributed by atoms with E-state index in [1.165, 1.54) is 7.11 Å². The lowest BCUT2D eigenvalue weighted by atomic mass is 10.1. The SMILES string of the molecule is COc1ncc(F)cc1C(O)C(O)CBr. The van der Waals surface area contributed by atoms with Crippen LogP contribution in [0.3, 0.4) is 0 Å². The first-order chi connectivity index (χ1) is 7.10. The van der Waals surface area contributed by atoms with Gasteiger partial charge in [-0.05, 0) is 6.07 Å². The second-order valence-electron chi connectivity index (χ2n) is 2.92. The maximum absolute atomic E-state index is 12.9. The van der Waals surface area contributed by atoms with Gasteiger partial charge in [0, 0.05) is 10.9 Å². The number of rotatable bonds is 4. The highest BCUT2D eigenvalue weighted by Crippen LogP contribution is 2.26. The quantitative estimate of drug-likeness (QED) is 0.808. The Bertz CT molecular complexity index is 337. The number of halogens is 2. The van der Waals surface area contributed by atoms with Crippen LogP contribution in [0.1, 0.15) is 11.7 Å². The third kappa shape index (κ3) is 2.87. The van der Waals surface area contributed by atoms with E-state index in [1.54, 1.807) is 0 Å². The molecule has 1 aromatic heterocycles. The van der Waals surface area contributed by atoms with Gasteiger partial charge in [0.15, 0.2) is 0 Å². The van der Waals surface area contributed by atoms with Crippen LogP contribution < -0.4 is 4.74 Å². The summed E-state index contributed by atoms with van der Waals surface area (Å²) in [6.45, 7) is 0. The molecule has 0 aromatic carbocycles. The highest BCUT2D eigenvalue weighted by Gasteiger charge is 2.22. The second-order valence-corrected chi connectivity index (χ2v) is 3.57. The van der Waals surface area contributed by atoms with Gasteiger partial charge in [-0.25, -0.2) is 9.37 Å². The van der Waals surface area contributed by atoms with Crippen molar-refractivity contribution < 1.29 is 19.3 Å². The van der Waals surface area contributed by atoms with Crippen molar-refractivity contribution >= 4 is 15.9 Å². The Balaban J connectivity index is 3.05. The average Bonchev–Trinajstić information content (AvgIpc) is 2.27. The van der Waals surface area contributed by atoms with Gasteiger partial charge in [-0.3, -0.25) is 0 Å². The first-order valence-corrected chi connectivity index (χ1v) is 5.33. The van der Waals surface area contributed by atoms with Crippen molar-refractivity contribution in [1.29, 1.82) is 0 Å². The van der Waals surface area contributed by atoms with Gasteiger partial charge < -0.3 is 14.9 Å². The summed E-state index contributed by atoms with van der Waals surface area (Å²) in [5.74, 6) is -0.490. The smallest absolute Gasteiger partial charge is 0.219 e. The van der Waals surface area contributed by atoms with Crippen LogP contribution in [-0.4, -0.2) is 33.7 Å². The van der Waals surface area contributed by atoms with Gasteiger partial charge in [0.2, 0.25) is 5.88 Å². The van der Waals surface area contributed by atoms with Crippen LogP contribution in [0, 0.1) is 5.82 Å². The molecule has 0 saturated heterocycles. The van der Waals surface area contributed by atoms with E-state index in [0.717, 1.165) is 12.3 Å². The Kier molecular flexibility index (Phi) is 4.44. The number of nitrogens with zero attached hydrogens (tertiary/aromatic N) is 1. The van der Waals surface area contributed by atoms with Gasteiger partial charge in [0.1, 0.15) is 11.9 Å². The van der Waals surface area contributed by atoms with Crippen LogP contribution in [0.15, 0.2) is 12.3 Å². The third-order valence-electron chi connectivity index (χ3n) is 1.88. The standard InChI is InChI=1S/C9H11BrFNO3/c1-15-9-6(2-5(11)4-12-9)8(14)7(13)3-10/h2,4,7-8,13-14H,3H2,1H3. The number of alkyl halides is 1. The molecule has 0 fully saturated rings. The first kappa shape index (κ1) is 12.4. The van der Waals surface area contributed by atoms with E-state index in [4.69, 9.17) is 4.74 Å². The molecule has 0 aliphatic heterocycles. The lowest BCUT2D eigenvalue weighted by Crippen LogP contribution is -2.20. The summed E-state index contributed by atoms with van der Waals surface area (Å²) in [5, 5.41) is 19.2. The van der Waals surface area contributed by atoms with Crippen LogP contribution in [0.25, 0.3) is 0 Å². The highest BCUT2D eigenvalue weighted by atomic mass is 79.9. The van der Waals surface area contributed by atoms with E-state index >= 15 is 0 Å². The van der Waals surface area contributed by atoms with Crippen molar-refractivity contribution in [3.05, 3.63) is 23.6 Å². The largest absolute Gasteiger partial charge is 0.481 e. The minimum Gasteiger partial charge on any atom is -0.481 e. The molecule has 4 nitrogen and oxygen atoms in total. The summed E-state index contributed by atoms with van der Waals surface area (Å²) >= 11 is 3.01. The fourth-order valence-electron chi connectivity index (χ4n) is 1.12. The van der Waals surface area contributed by atoms with Gasteiger partial charge >= 0.3 is 0 Å². The van der Waals surface area contributed by atoms with Gasteiger partial charge in [-0.1, -0.05) is 15.9 Å². The Morgan fingerprint density at radius 1 is 1.60 bits per heavy atom. The van der Waals surface area contributed by atoms with Crippen LogP contribution in [0.4, 0.5) is 4.39 Å². The average molecular weight is 280 g/mol. The summed E-state index contributed by atoms with van der Waals surface area (Å²) in [6, 6.07) is 1.09. The fraction of sp³-hybridized carbons (Fsp3) is 0.444. The molecule has 0 aliphatic rings. The zero-order chi connectivity index (χ0) is 11.4. The number of pyridine rings is 1. The molecule has 0 saturated carbocycles. The van der Waals surface area contributed by atoms with Crippen molar-refractivity contribution in [3.63, 3.8) is 0 Å². The predicted molar refractivity (Wildman–Crippen MR) is 55.5 cm³/mol. The molecular weight excluding hydrogens is 269 g/mol. The highest BCUT2D eigenvalue weighted by molar-refractivity contribution is 9.09. The number of hydrogen-bond acceptors (Lipinski definition) is 4. The Hall–Kier alpha value is -0.720. The molecule has 1 heterocycles. The first-order valence-electron chi connectivity index (χ1n) is 4.21. The zero-order valence-corrected chi connectivity index (χ0v) is 9.61. The molecule has 15 heavy (non-hydrogen) atoms. The summed E-state index contributed by atoms with van der Waals surface area (Å²) in [5.41, 5.74) is 0.129. The Morgan fingerprint density at radius 2 is 2.27 bits per heavy atom. The molecule has 0 aliphatic carbocycles. The molecule has 6 heteroatoms. The molecule has 84 valence electrons. The maximum Gasteiger partial charge on any atom is 0.219 e. The third-order valence-corrected chi connectivity index (χ3v) is 2.54. The number of aromatic nitrogens is 1. The summed E-state index contributed by atoms with van der Waals surface area (Å²) in [4.78, 5) is 3.65. The topological polar surface area (TPSA) is 62.6 Å². The van der Waals surface area contributed by atoms with E-state index in [9.17, 15) is 14.6 Å². The lowest BCUT2D eigenvalue weighted by molar-refractivity contribution is 0.0321. The molecular formula is C9H11BrFNO3. The fourth-order valence-corrected chi connectivity index (χ4v) is 1.47. The maximum atomic E-state index is 12.9. The minimum absolute atomic E-state index is 0.101. The van der Waals surface area contributed by atoms with Crippen LogP contribution in [-0.2, 0) is 0 Å². The Labute approximate surface area is 94.8 Å². The number of ether oxygens (including phenoxy) is 1.